The van der Waals surface area contributed by atoms with E-state index >= 15 is 0 Å². The Balaban J connectivity index is 1.71. The molecule has 0 spiro atoms. The molecule has 1 N–H and O–H groups in total. The smallest absolute Gasteiger partial charge is 0.320 e. The number of esters is 1. The normalized spacial score (nSPS) is 13.2. The predicted molar refractivity (Wildman–Crippen MR) is 99.1 cm³/mol. The van der Waals surface area contributed by atoms with Gasteiger partial charge >= 0.3 is 11.9 Å². The number of benzene rings is 2. The number of carbonyl (C=O) groups excluding carboxylic acids is 1. The highest BCUT2D eigenvalue weighted by atomic mass is 16.5. The van der Waals surface area contributed by atoms with Gasteiger partial charge in [0.05, 0.1) is 0 Å². The number of fused-ring (bicyclic) bond motifs is 3. The molecule has 1 aliphatic rings. The molecule has 0 aromatic heterocycles. The number of hydrogen-bond donors (Lipinski definition) is 1. The number of aliphatic carboxylic acids is 1. The Labute approximate surface area is 156 Å². The topological polar surface area (TPSA) is 112 Å². The van der Waals surface area contributed by atoms with E-state index in [9.17, 15) is 14.7 Å². The standard InChI is InChI=1S/C20H19N3O4/c21-23-22-11-5-10-17(19(24)25)20(26)27-12-18-15-8-3-1-6-13(15)14-7-2-4-9-16(14)18/h1-4,6-9,17-18H,5,10-12H2,(H,24,25). The van der Waals surface area contributed by atoms with E-state index in [2.05, 4.69) is 10.0 Å². The van der Waals surface area contributed by atoms with Gasteiger partial charge in [-0.2, -0.15) is 0 Å². The van der Waals surface area contributed by atoms with E-state index in [1.807, 2.05) is 48.5 Å². The number of rotatable bonds is 8. The Morgan fingerprint density at radius 1 is 1.11 bits per heavy atom. The van der Waals surface area contributed by atoms with Crippen LogP contribution in [0.15, 0.2) is 53.6 Å². The molecule has 0 amide bonds. The van der Waals surface area contributed by atoms with Crippen molar-refractivity contribution in [2.45, 2.75) is 18.8 Å². The first-order chi connectivity index (χ1) is 13.1. The highest BCUT2D eigenvalue weighted by Crippen LogP contribution is 2.44. The van der Waals surface area contributed by atoms with Crippen molar-refractivity contribution in [1.29, 1.82) is 0 Å². The zero-order chi connectivity index (χ0) is 19.2. The number of azide groups is 1. The lowest BCUT2D eigenvalue weighted by atomic mass is 9.98. The van der Waals surface area contributed by atoms with Crippen LogP contribution in [0.5, 0.6) is 0 Å². The Kier molecular flexibility index (Phi) is 5.74. The van der Waals surface area contributed by atoms with Gasteiger partial charge in [0.1, 0.15) is 6.61 Å². The number of hydrogen-bond acceptors (Lipinski definition) is 4. The minimum absolute atomic E-state index is 0.0744. The Morgan fingerprint density at radius 2 is 1.70 bits per heavy atom. The average molecular weight is 365 g/mol. The first kappa shape index (κ1) is 18.5. The molecule has 27 heavy (non-hydrogen) atoms. The Morgan fingerprint density at radius 3 is 2.26 bits per heavy atom. The van der Waals surface area contributed by atoms with Gasteiger partial charge in [-0.1, -0.05) is 53.6 Å². The summed E-state index contributed by atoms with van der Waals surface area (Å²) in [6, 6.07) is 15.9. The van der Waals surface area contributed by atoms with Gasteiger partial charge in [-0.05, 0) is 40.6 Å². The number of ether oxygens (including phenoxy) is 1. The van der Waals surface area contributed by atoms with Crippen molar-refractivity contribution < 1.29 is 19.4 Å². The maximum atomic E-state index is 12.3. The molecule has 0 radical (unpaired) electrons. The summed E-state index contributed by atoms with van der Waals surface area (Å²) in [6.45, 7) is 0.240. The van der Waals surface area contributed by atoms with Gasteiger partial charge in [0.25, 0.3) is 0 Å². The molecular weight excluding hydrogens is 346 g/mol. The number of carboxylic acids is 1. The van der Waals surface area contributed by atoms with Gasteiger partial charge < -0.3 is 9.84 Å². The minimum atomic E-state index is -1.26. The van der Waals surface area contributed by atoms with Crippen LogP contribution in [0.1, 0.15) is 29.9 Å². The third kappa shape index (κ3) is 3.93. The number of carbonyl (C=O) groups is 2. The van der Waals surface area contributed by atoms with Crippen molar-refractivity contribution >= 4 is 11.9 Å². The fraction of sp³-hybridized carbons (Fsp3) is 0.300. The molecule has 0 saturated carbocycles. The quantitative estimate of drug-likeness (QED) is 0.189. The summed E-state index contributed by atoms with van der Waals surface area (Å²) in [7, 11) is 0. The van der Waals surface area contributed by atoms with E-state index in [1.165, 1.54) is 0 Å². The molecule has 0 bridgehead atoms. The van der Waals surface area contributed by atoms with Gasteiger partial charge in [-0.3, -0.25) is 9.59 Å². The molecule has 0 aliphatic heterocycles. The highest BCUT2D eigenvalue weighted by molar-refractivity contribution is 5.94. The van der Waals surface area contributed by atoms with Crippen molar-refractivity contribution in [3.05, 3.63) is 70.1 Å². The van der Waals surface area contributed by atoms with Crippen molar-refractivity contribution in [3.8, 4) is 11.1 Å². The summed E-state index contributed by atoms with van der Waals surface area (Å²) in [5.74, 6) is -3.36. The lowest BCUT2D eigenvalue weighted by Gasteiger charge is -2.16. The van der Waals surface area contributed by atoms with Gasteiger partial charge in [0.2, 0.25) is 0 Å². The molecule has 138 valence electrons. The van der Waals surface area contributed by atoms with E-state index in [0.717, 1.165) is 22.3 Å². The molecule has 2 aromatic carbocycles. The van der Waals surface area contributed by atoms with Crippen LogP contribution in [0.25, 0.3) is 21.6 Å². The monoisotopic (exact) mass is 365 g/mol. The van der Waals surface area contributed by atoms with Gasteiger partial charge in [-0.15, -0.1) is 0 Å². The van der Waals surface area contributed by atoms with Crippen molar-refractivity contribution in [3.63, 3.8) is 0 Å². The fourth-order valence-corrected chi connectivity index (χ4v) is 3.46. The summed E-state index contributed by atoms with van der Waals surface area (Å²) in [4.78, 5) is 26.3. The maximum absolute atomic E-state index is 12.3. The second-order valence-corrected chi connectivity index (χ2v) is 6.34. The Hall–Kier alpha value is -3.31. The molecular formula is C20H19N3O4. The van der Waals surface area contributed by atoms with E-state index in [4.69, 9.17) is 10.3 Å². The maximum Gasteiger partial charge on any atom is 0.320 e. The van der Waals surface area contributed by atoms with Crippen LogP contribution in [0.3, 0.4) is 0 Å². The van der Waals surface area contributed by atoms with E-state index in [1.54, 1.807) is 0 Å². The lowest BCUT2D eigenvalue weighted by molar-refractivity contribution is -0.159. The van der Waals surface area contributed by atoms with Crippen LogP contribution in [-0.2, 0) is 14.3 Å². The average Bonchev–Trinajstić information content (AvgIpc) is 3.00. The summed E-state index contributed by atoms with van der Waals surface area (Å²) in [5, 5.41) is 12.7. The SMILES string of the molecule is [N-]=[N+]=NCCCC(C(=O)O)C(=O)OCC1c2ccccc2-c2ccccc21. The van der Waals surface area contributed by atoms with Crippen LogP contribution in [0.4, 0.5) is 0 Å². The molecule has 0 saturated heterocycles. The molecule has 1 aliphatic carbocycles. The molecule has 7 heteroatoms. The Bertz CT molecular complexity index is 860. The van der Waals surface area contributed by atoms with Gasteiger partial charge in [0, 0.05) is 17.4 Å². The van der Waals surface area contributed by atoms with Crippen molar-refractivity contribution in [2.75, 3.05) is 13.2 Å². The molecule has 2 aromatic rings. The molecule has 1 atom stereocenters. The zero-order valence-corrected chi connectivity index (χ0v) is 14.6. The van der Waals surface area contributed by atoms with Crippen LogP contribution in [0, 0.1) is 5.92 Å². The molecule has 1 unspecified atom stereocenters. The van der Waals surface area contributed by atoms with Crippen molar-refractivity contribution in [1.82, 2.24) is 0 Å². The summed E-state index contributed by atoms with van der Waals surface area (Å²) in [6.07, 6.45) is 0.385. The third-order valence-corrected chi connectivity index (χ3v) is 4.75. The summed E-state index contributed by atoms with van der Waals surface area (Å²) in [5.41, 5.74) is 12.6. The lowest BCUT2D eigenvalue weighted by Crippen LogP contribution is -2.27. The van der Waals surface area contributed by atoms with Gasteiger partial charge in [-0.25, -0.2) is 0 Å². The first-order valence-corrected chi connectivity index (χ1v) is 8.72. The second kappa shape index (κ2) is 8.38. The molecule has 3 rings (SSSR count). The summed E-state index contributed by atoms with van der Waals surface area (Å²) >= 11 is 0. The van der Waals surface area contributed by atoms with Crippen molar-refractivity contribution in [2.24, 2.45) is 11.0 Å². The molecule has 0 fully saturated rings. The second-order valence-electron chi connectivity index (χ2n) is 6.34. The van der Waals surface area contributed by atoms with Gasteiger partial charge in [0.15, 0.2) is 5.92 Å². The minimum Gasteiger partial charge on any atom is -0.481 e. The highest BCUT2D eigenvalue weighted by Gasteiger charge is 2.32. The predicted octanol–water partition coefficient (Wildman–Crippen LogP) is 4.13. The largest absolute Gasteiger partial charge is 0.481 e. The summed E-state index contributed by atoms with van der Waals surface area (Å²) < 4.78 is 5.40. The van der Waals surface area contributed by atoms with Crippen LogP contribution in [-0.4, -0.2) is 30.2 Å². The van der Waals surface area contributed by atoms with E-state index < -0.39 is 17.9 Å². The van der Waals surface area contributed by atoms with E-state index in [0.29, 0.717) is 6.42 Å². The zero-order valence-electron chi connectivity index (χ0n) is 14.6. The van der Waals surface area contributed by atoms with Crippen LogP contribution in [0.2, 0.25) is 0 Å². The first-order valence-electron chi connectivity index (χ1n) is 8.72. The van der Waals surface area contributed by atoms with Crippen LogP contribution < -0.4 is 0 Å². The molecule has 7 nitrogen and oxygen atoms in total. The molecule has 0 heterocycles. The number of nitrogens with zero attached hydrogens (tertiary/aromatic N) is 3. The fourth-order valence-electron chi connectivity index (χ4n) is 3.46. The van der Waals surface area contributed by atoms with Crippen LogP contribution >= 0.6 is 0 Å². The number of carboxylic acid groups (broad SMARTS) is 1. The van der Waals surface area contributed by atoms with E-state index in [-0.39, 0.29) is 25.5 Å². The third-order valence-electron chi connectivity index (χ3n) is 4.75.